The third kappa shape index (κ3) is 4.23. The summed E-state index contributed by atoms with van der Waals surface area (Å²) >= 11 is 0. The van der Waals surface area contributed by atoms with Gasteiger partial charge in [-0.15, -0.1) is 0 Å². The number of aromatic hydroxyl groups is 1. The molecule has 176 valence electrons. The lowest BCUT2D eigenvalue weighted by molar-refractivity contribution is -0.122. The number of phenols is 1. The van der Waals surface area contributed by atoms with Crippen LogP contribution in [-0.4, -0.2) is 35.0 Å². The van der Waals surface area contributed by atoms with E-state index in [-0.39, 0.29) is 17.4 Å². The Kier molecular flexibility index (Phi) is 6.18. The Hall–Kier alpha value is -3.11. The quantitative estimate of drug-likeness (QED) is 0.537. The molecule has 1 saturated heterocycles. The van der Waals surface area contributed by atoms with Gasteiger partial charge in [-0.3, -0.25) is 9.69 Å². The molecule has 2 N–H and O–H groups in total. The number of nitrogens with one attached hydrogen (secondary N) is 1. The van der Waals surface area contributed by atoms with Gasteiger partial charge in [-0.05, 0) is 65.1 Å². The maximum Gasteiger partial charge on any atom is 0.222 e. The van der Waals surface area contributed by atoms with Gasteiger partial charge in [0.2, 0.25) is 5.91 Å². The second-order valence-electron chi connectivity index (χ2n) is 10.2. The zero-order chi connectivity index (χ0) is 23.7. The van der Waals surface area contributed by atoms with Crippen LogP contribution in [0.1, 0.15) is 55.0 Å². The van der Waals surface area contributed by atoms with Crippen LogP contribution in [0.15, 0.2) is 78.9 Å². The number of hydrogen-bond donors (Lipinski definition) is 2. The Bertz CT molecular complexity index is 1110. The van der Waals surface area contributed by atoms with Gasteiger partial charge in [-0.2, -0.15) is 0 Å². The Morgan fingerprint density at radius 3 is 2.35 bits per heavy atom. The number of hydrogen-bond acceptors (Lipinski definition) is 3. The Morgan fingerprint density at radius 1 is 1.06 bits per heavy atom. The number of fused-ring (bicyclic) bond motifs is 4. The van der Waals surface area contributed by atoms with Crippen molar-refractivity contribution in [1.82, 2.24) is 10.2 Å². The summed E-state index contributed by atoms with van der Waals surface area (Å²) in [6.45, 7) is 6.43. The van der Waals surface area contributed by atoms with Gasteiger partial charge in [-0.1, -0.05) is 80.6 Å². The molecule has 3 aromatic rings. The Morgan fingerprint density at radius 2 is 1.71 bits per heavy atom. The zero-order valence-electron chi connectivity index (χ0n) is 20.1. The van der Waals surface area contributed by atoms with Crippen LogP contribution in [0.25, 0.3) is 0 Å². The van der Waals surface area contributed by atoms with Crippen molar-refractivity contribution in [2.75, 3.05) is 13.1 Å². The third-order valence-corrected chi connectivity index (χ3v) is 8.30. The van der Waals surface area contributed by atoms with E-state index in [2.05, 4.69) is 54.4 Å². The molecule has 1 fully saturated rings. The maximum atomic E-state index is 13.1. The van der Waals surface area contributed by atoms with Crippen LogP contribution < -0.4 is 5.32 Å². The van der Waals surface area contributed by atoms with Crippen LogP contribution in [-0.2, 0) is 16.6 Å². The van der Waals surface area contributed by atoms with E-state index < -0.39 is 0 Å². The van der Waals surface area contributed by atoms with Gasteiger partial charge in [-0.25, -0.2) is 0 Å². The fraction of sp³-hybridized carbons (Fsp3) is 0.367. The summed E-state index contributed by atoms with van der Waals surface area (Å²) in [4.78, 5) is 15.6. The third-order valence-electron chi connectivity index (χ3n) is 8.30. The lowest BCUT2D eigenvalue weighted by Gasteiger charge is -2.54. The molecule has 0 saturated carbocycles. The number of phenolic OH excluding ortho intramolecular Hbond substituents is 1. The van der Waals surface area contributed by atoms with Crippen LogP contribution in [0.4, 0.5) is 0 Å². The van der Waals surface area contributed by atoms with E-state index in [9.17, 15) is 9.90 Å². The second-order valence-corrected chi connectivity index (χ2v) is 10.2. The summed E-state index contributed by atoms with van der Waals surface area (Å²) in [6.07, 6.45) is 2.50. The summed E-state index contributed by atoms with van der Waals surface area (Å²) in [5.41, 5.74) is 4.91. The molecule has 3 atom stereocenters. The minimum atomic E-state index is -0.146. The maximum absolute atomic E-state index is 13.1. The highest BCUT2D eigenvalue weighted by Gasteiger charge is 2.48. The minimum Gasteiger partial charge on any atom is -0.508 e. The number of piperidine rings is 1. The highest BCUT2D eigenvalue weighted by Crippen LogP contribution is 2.49. The fourth-order valence-corrected chi connectivity index (χ4v) is 6.10. The van der Waals surface area contributed by atoms with E-state index in [0.717, 1.165) is 37.1 Å². The molecule has 2 aliphatic rings. The van der Waals surface area contributed by atoms with Gasteiger partial charge in [0.1, 0.15) is 5.75 Å². The van der Waals surface area contributed by atoms with Crippen molar-refractivity contribution in [3.8, 4) is 5.75 Å². The first kappa shape index (κ1) is 22.7. The van der Waals surface area contributed by atoms with Gasteiger partial charge >= 0.3 is 0 Å². The molecular formula is C30H34N2O2. The van der Waals surface area contributed by atoms with Crippen LogP contribution in [0, 0.1) is 5.92 Å². The molecule has 0 radical (unpaired) electrons. The van der Waals surface area contributed by atoms with Crippen LogP contribution >= 0.6 is 0 Å². The standard InChI is InChI=1S/C30H34N2O2/c1-21-27-19-24-13-14-25(33)20-26(24)30(21,2)16-18-32(27)17-15-28(34)31-29(22-9-5-3-6-10-22)23-11-7-4-8-12-23/h3-14,20-21,27,29,33H,15-19H2,1-2H3,(H,31,34)/t21-,27?,30+/m0/s1. The smallest absolute Gasteiger partial charge is 0.222 e. The molecule has 1 unspecified atom stereocenters. The van der Waals surface area contributed by atoms with Crippen molar-refractivity contribution >= 4 is 5.91 Å². The van der Waals surface area contributed by atoms with Crippen molar-refractivity contribution in [2.24, 2.45) is 5.92 Å². The molecule has 0 aromatic heterocycles. The van der Waals surface area contributed by atoms with Crippen LogP contribution in [0.2, 0.25) is 0 Å². The average Bonchev–Trinajstić information content (AvgIpc) is 2.86. The predicted octanol–water partition coefficient (Wildman–Crippen LogP) is 5.21. The molecule has 34 heavy (non-hydrogen) atoms. The number of carbonyl (C=O) groups excluding carboxylic acids is 1. The number of rotatable bonds is 6. The van der Waals surface area contributed by atoms with E-state index >= 15 is 0 Å². The molecule has 1 aliphatic heterocycles. The zero-order valence-corrected chi connectivity index (χ0v) is 20.1. The molecule has 4 heteroatoms. The summed E-state index contributed by atoms with van der Waals surface area (Å²) in [6, 6.07) is 26.5. The Labute approximate surface area is 202 Å². The largest absolute Gasteiger partial charge is 0.508 e. The topological polar surface area (TPSA) is 52.6 Å². The van der Waals surface area contributed by atoms with Gasteiger partial charge < -0.3 is 10.4 Å². The minimum absolute atomic E-state index is 0.0709. The van der Waals surface area contributed by atoms with E-state index in [1.165, 1.54) is 11.1 Å². The first-order valence-electron chi connectivity index (χ1n) is 12.4. The number of likely N-dealkylation sites (tertiary alicyclic amines) is 1. The highest BCUT2D eigenvalue weighted by molar-refractivity contribution is 5.77. The van der Waals surface area contributed by atoms with Crippen LogP contribution in [0.3, 0.4) is 0 Å². The van der Waals surface area contributed by atoms with Gasteiger partial charge in [0.05, 0.1) is 6.04 Å². The number of carbonyl (C=O) groups is 1. The van der Waals surface area contributed by atoms with Gasteiger partial charge in [0, 0.05) is 19.0 Å². The number of amides is 1. The molecule has 1 aliphatic carbocycles. The van der Waals surface area contributed by atoms with Crippen LogP contribution in [0.5, 0.6) is 5.75 Å². The van der Waals surface area contributed by atoms with Crippen molar-refractivity contribution < 1.29 is 9.90 Å². The molecule has 5 rings (SSSR count). The van der Waals surface area contributed by atoms with E-state index in [0.29, 0.717) is 24.1 Å². The molecule has 4 nitrogen and oxygen atoms in total. The number of benzene rings is 3. The SMILES string of the molecule is C[C@H]1C2Cc3ccc(O)cc3[C@]1(C)CCN2CCC(=O)NC(c1ccccc1)c1ccccc1. The highest BCUT2D eigenvalue weighted by atomic mass is 16.3. The van der Waals surface area contributed by atoms with E-state index in [1.54, 1.807) is 6.07 Å². The fourth-order valence-electron chi connectivity index (χ4n) is 6.10. The Balaban J connectivity index is 1.28. The van der Waals surface area contributed by atoms with Crippen molar-refractivity contribution in [2.45, 2.75) is 50.6 Å². The normalized spacial score (nSPS) is 24.0. The number of nitrogens with zero attached hydrogens (tertiary/aromatic N) is 1. The average molecular weight is 455 g/mol. The van der Waals surface area contributed by atoms with E-state index in [4.69, 9.17) is 0 Å². The molecule has 1 heterocycles. The lowest BCUT2D eigenvalue weighted by atomic mass is 9.59. The summed E-state index contributed by atoms with van der Waals surface area (Å²) in [7, 11) is 0. The van der Waals surface area contributed by atoms with Crippen molar-refractivity contribution in [1.29, 1.82) is 0 Å². The predicted molar refractivity (Wildman–Crippen MR) is 136 cm³/mol. The monoisotopic (exact) mass is 454 g/mol. The first-order chi connectivity index (χ1) is 16.5. The molecule has 2 bridgehead atoms. The summed E-state index contributed by atoms with van der Waals surface area (Å²) in [5.74, 6) is 0.913. The molecular weight excluding hydrogens is 420 g/mol. The van der Waals surface area contributed by atoms with E-state index in [1.807, 2.05) is 42.5 Å². The van der Waals surface area contributed by atoms with Gasteiger partial charge in [0.15, 0.2) is 0 Å². The summed E-state index contributed by atoms with van der Waals surface area (Å²) in [5, 5.41) is 13.4. The molecule has 1 amide bonds. The van der Waals surface area contributed by atoms with Crippen molar-refractivity contribution in [3.63, 3.8) is 0 Å². The van der Waals surface area contributed by atoms with Crippen molar-refractivity contribution in [3.05, 3.63) is 101 Å². The first-order valence-corrected chi connectivity index (χ1v) is 12.4. The molecule has 0 spiro atoms. The lowest BCUT2D eigenvalue weighted by Crippen LogP contribution is -2.58. The second kappa shape index (κ2) is 9.27. The molecule has 3 aromatic carbocycles. The van der Waals surface area contributed by atoms with Gasteiger partial charge in [0.25, 0.3) is 0 Å². The summed E-state index contributed by atoms with van der Waals surface area (Å²) < 4.78 is 0.